The molecule has 1 fully saturated rings. The zero-order chi connectivity index (χ0) is 24.4. The average Bonchev–Trinajstić information content (AvgIpc) is 3.07. The molecule has 1 aliphatic rings. The fraction of sp³-hybridized carbons (Fsp3) is 0.522. The van der Waals surface area contributed by atoms with Gasteiger partial charge in [0, 0.05) is 18.9 Å². The fourth-order valence-electron chi connectivity index (χ4n) is 3.30. The molecule has 2 aromatic rings. The number of ether oxygens (including phenoxy) is 2. The van der Waals surface area contributed by atoms with Gasteiger partial charge in [-0.25, -0.2) is 4.79 Å². The van der Waals surface area contributed by atoms with Crippen molar-refractivity contribution in [3.05, 3.63) is 58.6 Å². The van der Waals surface area contributed by atoms with Crippen molar-refractivity contribution >= 4 is 20.0 Å². The van der Waals surface area contributed by atoms with Crippen LogP contribution in [0.4, 0.5) is 5.82 Å². The number of anilines is 1. The first kappa shape index (κ1) is 25.3. The first-order valence-electron chi connectivity index (χ1n) is 10.9. The average molecular weight is 476 g/mol. The summed E-state index contributed by atoms with van der Waals surface area (Å²) in [6.07, 6.45) is -1.82. The topological polar surface area (TPSA) is 112 Å². The van der Waals surface area contributed by atoms with Gasteiger partial charge in [-0.15, -0.1) is 0 Å². The second-order valence-corrected chi connectivity index (χ2v) is 14.5. The lowest BCUT2D eigenvalue weighted by atomic mass is 10.1. The third kappa shape index (κ3) is 5.59. The maximum atomic E-state index is 12.7. The standard InChI is InChI=1S/C23H33N3O6Si/c1-23(2,3)33(5,6)31-14-16-18(27)19(30-4)21(32-16)26-13-12-17(25-22(26)29)24-20(28)15-10-8-7-9-11-15/h7-13,16,18-19,21,27H,14H2,1-6H3,(H,24,25,28,29)/t16-,18-,19-,21-/m1/s1. The van der Waals surface area contributed by atoms with Crippen LogP contribution in [0.3, 0.4) is 0 Å². The van der Waals surface area contributed by atoms with E-state index in [0.717, 1.165) is 0 Å². The third-order valence-electron chi connectivity index (χ3n) is 6.38. The molecular weight excluding hydrogens is 442 g/mol. The normalized spacial score (nSPS) is 23.5. The number of hydrogen-bond donors (Lipinski definition) is 2. The van der Waals surface area contributed by atoms with Crippen molar-refractivity contribution in [3.8, 4) is 0 Å². The Morgan fingerprint density at radius 3 is 2.48 bits per heavy atom. The third-order valence-corrected chi connectivity index (χ3v) is 10.9. The second-order valence-electron chi connectivity index (χ2n) is 9.65. The summed E-state index contributed by atoms with van der Waals surface area (Å²) in [4.78, 5) is 29.0. The van der Waals surface area contributed by atoms with Crippen molar-refractivity contribution in [2.75, 3.05) is 19.0 Å². The van der Waals surface area contributed by atoms with Crippen molar-refractivity contribution in [1.29, 1.82) is 0 Å². The molecule has 0 aliphatic carbocycles. The van der Waals surface area contributed by atoms with Gasteiger partial charge in [0.2, 0.25) is 0 Å². The number of carbonyl (C=O) groups is 1. The van der Waals surface area contributed by atoms with Gasteiger partial charge in [-0.1, -0.05) is 39.0 Å². The van der Waals surface area contributed by atoms with Gasteiger partial charge in [0.25, 0.3) is 5.91 Å². The highest BCUT2D eigenvalue weighted by Crippen LogP contribution is 2.38. The van der Waals surface area contributed by atoms with Crippen LogP contribution in [0.5, 0.6) is 0 Å². The molecule has 4 atom stereocenters. The number of aliphatic hydroxyl groups is 1. The molecule has 0 bridgehead atoms. The Bertz CT molecular complexity index is 1020. The van der Waals surface area contributed by atoms with Crippen LogP contribution in [0.2, 0.25) is 18.1 Å². The van der Waals surface area contributed by atoms with Crippen molar-refractivity contribution in [3.63, 3.8) is 0 Å². The highest BCUT2D eigenvalue weighted by atomic mass is 28.4. The molecule has 9 nitrogen and oxygen atoms in total. The van der Waals surface area contributed by atoms with Gasteiger partial charge in [0.15, 0.2) is 14.5 Å². The highest BCUT2D eigenvalue weighted by molar-refractivity contribution is 6.74. The van der Waals surface area contributed by atoms with Crippen LogP contribution in [-0.2, 0) is 13.9 Å². The Morgan fingerprint density at radius 2 is 1.91 bits per heavy atom. The number of amides is 1. The monoisotopic (exact) mass is 475 g/mol. The van der Waals surface area contributed by atoms with Gasteiger partial charge in [0.1, 0.15) is 24.1 Å². The van der Waals surface area contributed by atoms with Gasteiger partial charge in [-0.05, 0) is 36.3 Å². The summed E-state index contributed by atoms with van der Waals surface area (Å²) in [6, 6.07) is 10.1. The van der Waals surface area contributed by atoms with Crippen molar-refractivity contribution < 1.29 is 23.8 Å². The molecule has 1 aromatic carbocycles. The quantitative estimate of drug-likeness (QED) is 0.592. The molecule has 1 amide bonds. The predicted octanol–water partition coefficient (Wildman–Crippen LogP) is 2.79. The van der Waals surface area contributed by atoms with Gasteiger partial charge in [0.05, 0.1) is 6.61 Å². The van der Waals surface area contributed by atoms with Crippen LogP contribution in [-0.4, -0.2) is 60.9 Å². The lowest BCUT2D eigenvalue weighted by molar-refractivity contribution is -0.0612. The zero-order valence-corrected chi connectivity index (χ0v) is 20.9. The van der Waals surface area contributed by atoms with Crippen LogP contribution in [0.1, 0.15) is 37.4 Å². The van der Waals surface area contributed by atoms with E-state index in [1.54, 1.807) is 24.3 Å². The van der Waals surface area contributed by atoms with Crippen LogP contribution in [0.25, 0.3) is 0 Å². The van der Waals surface area contributed by atoms with Gasteiger partial charge >= 0.3 is 5.69 Å². The molecule has 33 heavy (non-hydrogen) atoms. The number of aromatic nitrogens is 2. The van der Waals surface area contributed by atoms with Crippen molar-refractivity contribution in [2.45, 2.75) is 63.4 Å². The summed E-state index contributed by atoms with van der Waals surface area (Å²) in [5.74, 6) is -0.249. The second kappa shape index (κ2) is 9.86. The van der Waals surface area contributed by atoms with Gasteiger partial charge < -0.3 is 24.3 Å². The molecule has 3 rings (SSSR count). The SMILES string of the molecule is CO[C@@H]1[C@H](O)[C@@H](CO[Si](C)(C)C(C)(C)C)O[C@H]1n1ccc(NC(=O)c2ccccc2)nc1=O. The largest absolute Gasteiger partial charge is 0.414 e. The predicted molar refractivity (Wildman–Crippen MR) is 127 cm³/mol. The number of aliphatic hydroxyl groups excluding tert-OH is 1. The van der Waals surface area contributed by atoms with E-state index in [0.29, 0.717) is 5.56 Å². The Hall–Kier alpha value is -2.37. The maximum absolute atomic E-state index is 12.7. The minimum Gasteiger partial charge on any atom is -0.414 e. The Balaban J connectivity index is 1.74. The number of hydrogen-bond acceptors (Lipinski definition) is 7. The molecule has 0 spiro atoms. The Labute approximate surface area is 194 Å². The molecule has 180 valence electrons. The van der Waals surface area contributed by atoms with Crippen LogP contribution >= 0.6 is 0 Å². The Kier molecular flexibility index (Phi) is 7.54. The number of carbonyl (C=O) groups excluding carboxylic acids is 1. The lowest BCUT2D eigenvalue weighted by Gasteiger charge is -2.37. The molecule has 1 saturated heterocycles. The van der Waals surface area contributed by atoms with E-state index in [4.69, 9.17) is 13.9 Å². The summed E-state index contributed by atoms with van der Waals surface area (Å²) in [7, 11) is -0.598. The highest BCUT2D eigenvalue weighted by Gasteiger charge is 2.47. The van der Waals surface area contributed by atoms with Crippen LogP contribution in [0.15, 0.2) is 47.4 Å². The minimum absolute atomic E-state index is 0.0114. The Morgan fingerprint density at radius 1 is 1.24 bits per heavy atom. The first-order valence-corrected chi connectivity index (χ1v) is 13.8. The van der Waals surface area contributed by atoms with Crippen molar-refractivity contribution in [2.24, 2.45) is 0 Å². The fourth-order valence-corrected chi connectivity index (χ4v) is 4.31. The zero-order valence-electron chi connectivity index (χ0n) is 19.9. The molecule has 2 N–H and O–H groups in total. The molecule has 2 heterocycles. The molecule has 0 radical (unpaired) electrons. The molecule has 0 unspecified atom stereocenters. The molecule has 10 heteroatoms. The van der Waals surface area contributed by atoms with Gasteiger partial charge in [-0.2, -0.15) is 4.98 Å². The number of nitrogens with one attached hydrogen (secondary N) is 1. The van der Waals surface area contributed by atoms with Gasteiger partial charge in [-0.3, -0.25) is 9.36 Å². The number of methoxy groups -OCH3 is 1. The number of rotatable bonds is 7. The van der Waals surface area contributed by atoms with E-state index in [1.807, 2.05) is 6.07 Å². The van der Waals surface area contributed by atoms with E-state index < -0.39 is 38.5 Å². The molecule has 1 aromatic heterocycles. The minimum atomic E-state index is -2.05. The number of benzene rings is 1. The van der Waals surface area contributed by atoms with Crippen LogP contribution in [0, 0.1) is 0 Å². The molecule has 1 aliphatic heterocycles. The summed E-state index contributed by atoms with van der Waals surface area (Å²) < 4.78 is 18.9. The summed E-state index contributed by atoms with van der Waals surface area (Å²) in [5.41, 5.74) is -0.180. The first-order chi connectivity index (χ1) is 15.4. The number of nitrogens with zero attached hydrogens (tertiary/aromatic N) is 2. The summed E-state index contributed by atoms with van der Waals surface area (Å²) >= 11 is 0. The van der Waals surface area contributed by atoms with E-state index in [-0.39, 0.29) is 23.4 Å². The van der Waals surface area contributed by atoms with E-state index in [1.165, 1.54) is 23.9 Å². The molecule has 0 saturated carbocycles. The maximum Gasteiger partial charge on any atom is 0.351 e. The van der Waals surface area contributed by atoms with Crippen molar-refractivity contribution in [1.82, 2.24) is 9.55 Å². The summed E-state index contributed by atoms with van der Waals surface area (Å²) in [6.45, 7) is 10.8. The summed E-state index contributed by atoms with van der Waals surface area (Å²) in [5, 5.41) is 13.4. The van der Waals surface area contributed by atoms with E-state index in [9.17, 15) is 14.7 Å². The lowest BCUT2D eigenvalue weighted by Crippen LogP contribution is -2.44. The molecular formula is C23H33N3O6Si. The smallest absolute Gasteiger partial charge is 0.351 e. The van der Waals surface area contributed by atoms with Crippen LogP contribution < -0.4 is 11.0 Å². The van der Waals surface area contributed by atoms with E-state index in [2.05, 4.69) is 44.2 Å². The van der Waals surface area contributed by atoms with E-state index >= 15 is 0 Å².